The van der Waals surface area contributed by atoms with Crippen molar-refractivity contribution in [1.82, 2.24) is 0 Å². The zero-order valence-corrected chi connectivity index (χ0v) is 18.8. The average Bonchev–Trinajstić information content (AvgIpc) is 2.78. The van der Waals surface area contributed by atoms with E-state index in [2.05, 4.69) is 5.32 Å². The first-order chi connectivity index (χ1) is 15.3. The van der Waals surface area contributed by atoms with Gasteiger partial charge in [-0.25, -0.2) is 9.59 Å². The van der Waals surface area contributed by atoms with Crippen LogP contribution < -0.4 is 14.8 Å². The lowest BCUT2D eigenvalue weighted by molar-refractivity contribution is -0.119. The van der Waals surface area contributed by atoms with Gasteiger partial charge < -0.3 is 24.3 Å². The van der Waals surface area contributed by atoms with E-state index < -0.39 is 24.5 Å². The molecule has 1 N–H and O–H groups in total. The number of carbonyl (C=O) groups is 3. The molecule has 32 heavy (non-hydrogen) atoms. The number of rotatable bonds is 11. The van der Waals surface area contributed by atoms with Crippen molar-refractivity contribution in [2.24, 2.45) is 0 Å². The third-order valence-corrected chi connectivity index (χ3v) is 4.23. The number of nitrogens with one attached hydrogen (secondary N) is 1. The van der Waals surface area contributed by atoms with Gasteiger partial charge in [-0.2, -0.15) is 0 Å². The highest BCUT2D eigenvalue weighted by molar-refractivity contribution is 5.96. The summed E-state index contributed by atoms with van der Waals surface area (Å²) in [5.74, 6) is -0.686. The maximum atomic E-state index is 12.3. The molecule has 2 aromatic rings. The Morgan fingerprint density at radius 3 is 2.19 bits per heavy atom. The molecule has 172 valence electrons. The first-order valence-corrected chi connectivity index (χ1v) is 10.4. The molecule has 1 amide bonds. The lowest BCUT2D eigenvalue weighted by Gasteiger charge is -2.14. The summed E-state index contributed by atoms with van der Waals surface area (Å²) in [6.45, 7) is 5.68. The maximum absolute atomic E-state index is 12.3. The van der Waals surface area contributed by atoms with E-state index in [0.29, 0.717) is 29.4 Å². The molecule has 0 spiro atoms. The normalized spacial score (nSPS) is 10.4. The molecular weight excluding hydrogens is 414 g/mol. The summed E-state index contributed by atoms with van der Waals surface area (Å²) >= 11 is 0. The number of methoxy groups -OCH3 is 1. The number of amides is 1. The smallest absolute Gasteiger partial charge is 0.338 e. The molecule has 8 nitrogen and oxygen atoms in total. The fourth-order valence-corrected chi connectivity index (χ4v) is 2.64. The summed E-state index contributed by atoms with van der Waals surface area (Å²) in [7, 11) is 1.47. The summed E-state index contributed by atoms with van der Waals surface area (Å²) in [6, 6.07) is 10.9. The quantitative estimate of drug-likeness (QED) is 0.410. The fourth-order valence-electron chi connectivity index (χ4n) is 2.64. The molecule has 0 atom stereocenters. The van der Waals surface area contributed by atoms with Crippen molar-refractivity contribution in [1.29, 1.82) is 0 Å². The molecule has 0 radical (unpaired) electrons. The summed E-state index contributed by atoms with van der Waals surface area (Å²) < 4.78 is 21.1. The van der Waals surface area contributed by atoms with Crippen LogP contribution in [0.25, 0.3) is 0 Å². The van der Waals surface area contributed by atoms with E-state index in [1.807, 2.05) is 20.8 Å². The molecule has 8 heteroatoms. The van der Waals surface area contributed by atoms with E-state index in [9.17, 15) is 14.4 Å². The summed E-state index contributed by atoms with van der Waals surface area (Å²) in [5, 5.41) is 2.61. The molecule has 0 fully saturated rings. The zero-order valence-electron chi connectivity index (χ0n) is 18.8. The van der Waals surface area contributed by atoms with Crippen molar-refractivity contribution in [3.8, 4) is 11.5 Å². The van der Waals surface area contributed by atoms with E-state index >= 15 is 0 Å². The van der Waals surface area contributed by atoms with Crippen LogP contribution in [-0.2, 0) is 14.3 Å². The van der Waals surface area contributed by atoms with Crippen LogP contribution in [0.15, 0.2) is 42.5 Å². The van der Waals surface area contributed by atoms with Gasteiger partial charge in [-0.3, -0.25) is 4.79 Å². The molecule has 2 rings (SSSR count). The minimum atomic E-state index is -0.667. The molecule has 0 heterocycles. The molecule has 2 aromatic carbocycles. The monoisotopic (exact) mass is 443 g/mol. The third-order valence-electron chi connectivity index (χ3n) is 4.23. The van der Waals surface area contributed by atoms with E-state index in [0.717, 1.165) is 12.8 Å². The average molecular weight is 443 g/mol. The van der Waals surface area contributed by atoms with Crippen LogP contribution in [0.1, 0.15) is 54.3 Å². The summed E-state index contributed by atoms with van der Waals surface area (Å²) in [6.07, 6.45) is 1.70. The van der Waals surface area contributed by atoms with Crippen LogP contribution in [0.3, 0.4) is 0 Å². The predicted molar refractivity (Wildman–Crippen MR) is 119 cm³/mol. The second-order valence-electron chi connectivity index (χ2n) is 7.22. The molecular formula is C24H29NO7. The van der Waals surface area contributed by atoms with Gasteiger partial charge in [0, 0.05) is 5.69 Å². The molecule has 0 bridgehead atoms. The van der Waals surface area contributed by atoms with Gasteiger partial charge in [0.1, 0.15) is 0 Å². The van der Waals surface area contributed by atoms with E-state index in [4.69, 9.17) is 18.9 Å². The van der Waals surface area contributed by atoms with Gasteiger partial charge in [-0.15, -0.1) is 0 Å². The zero-order chi connectivity index (χ0) is 23.5. The molecule has 0 saturated heterocycles. The Bertz CT molecular complexity index is 922. The first-order valence-electron chi connectivity index (χ1n) is 10.4. The Labute approximate surface area is 187 Å². The van der Waals surface area contributed by atoms with Crippen molar-refractivity contribution in [3.05, 3.63) is 53.6 Å². The number of anilines is 1. The van der Waals surface area contributed by atoms with Crippen molar-refractivity contribution in [2.75, 3.05) is 25.6 Å². The second kappa shape index (κ2) is 12.3. The van der Waals surface area contributed by atoms with Gasteiger partial charge in [0.25, 0.3) is 5.91 Å². The Hall–Kier alpha value is -3.55. The van der Waals surface area contributed by atoms with Gasteiger partial charge >= 0.3 is 11.9 Å². The summed E-state index contributed by atoms with van der Waals surface area (Å²) in [4.78, 5) is 36.3. The van der Waals surface area contributed by atoms with Crippen molar-refractivity contribution in [2.45, 2.75) is 39.7 Å². The number of hydrogen-bond acceptors (Lipinski definition) is 7. The minimum absolute atomic E-state index is 0.0498. The SMILES string of the molecule is CCCCOC(=O)c1ccc(NC(=O)COC(=O)c2ccc(OC(C)C)c(OC)c2)cc1. The van der Waals surface area contributed by atoms with Gasteiger partial charge in [0.05, 0.1) is 30.9 Å². The van der Waals surface area contributed by atoms with Crippen LogP contribution in [0.5, 0.6) is 11.5 Å². The summed E-state index contributed by atoms with van der Waals surface area (Å²) in [5.41, 5.74) is 1.09. The van der Waals surface area contributed by atoms with E-state index in [1.54, 1.807) is 36.4 Å². The van der Waals surface area contributed by atoms with Crippen LogP contribution in [0.2, 0.25) is 0 Å². The highest BCUT2D eigenvalue weighted by atomic mass is 16.5. The van der Waals surface area contributed by atoms with Gasteiger partial charge in [0.15, 0.2) is 18.1 Å². The molecule has 0 aliphatic rings. The lowest BCUT2D eigenvalue weighted by Crippen LogP contribution is -2.21. The van der Waals surface area contributed by atoms with E-state index in [1.165, 1.54) is 13.2 Å². The highest BCUT2D eigenvalue weighted by Gasteiger charge is 2.15. The Balaban J connectivity index is 1.87. The van der Waals surface area contributed by atoms with E-state index in [-0.39, 0.29) is 11.7 Å². The minimum Gasteiger partial charge on any atom is -0.493 e. The Morgan fingerprint density at radius 1 is 0.906 bits per heavy atom. The second-order valence-corrected chi connectivity index (χ2v) is 7.22. The molecule has 0 aromatic heterocycles. The lowest BCUT2D eigenvalue weighted by atomic mass is 10.2. The topological polar surface area (TPSA) is 100 Å². The molecule has 0 aliphatic carbocycles. The van der Waals surface area contributed by atoms with Crippen LogP contribution in [-0.4, -0.2) is 44.3 Å². The number of esters is 2. The molecule has 0 saturated carbocycles. The molecule has 0 aliphatic heterocycles. The van der Waals surface area contributed by atoms with Crippen LogP contribution >= 0.6 is 0 Å². The van der Waals surface area contributed by atoms with Crippen molar-refractivity contribution in [3.63, 3.8) is 0 Å². The van der Waals surface area contributed by atoms with Gasteiger partial charge in [-0.1, -0.05) is 13.3 Å². The third kappa shape index (κ3) is 7.61. The Kier molecular flexibility index (Phi) is 9.53. The number of benzene rings is 2. The predicted octanol–water partition coefficient (Wildman–Crippen LogP) is 4.23. The van der Waals surface area contributed by atoms with Gasteiger partial charge in [-0.05, 0) is 62.7 Å². The molecule has 0 unspecified atom stereocenters. The number of hydrogen-bond donors (Lipinski definition) is 1. The number of unbranched alkanes of at least 4 members (excludes halogenated alkanes) is 1. The fraction of sp³-hybridized carbons (Fsp3) is 0.375. The van der Waals surface area contributed by atoms with Crippen molar-refractivity contribution >= 4 is 23.5 Å². The highest BCUT2D eigenvalue weighted by Crippen LogP contribution is 2.29. The number of carbonyl (C=O) groups excluding carboxylic acids is 3. The Morgan fingerprint density at radius 2 is 1.56 bits per heavy atom. The van der Waals surface area contributed by atoms with Gasteiger partial charge in [0.2, 0.25) is 0 Å². The van der Waals surface area contributed by atoms with Crippen LogP contribution in [0, 0.1) is 0 Å². The van der Waals surface area contributed by atoms with Crippen molar-refractivity contribution < 1.29 is 33.3 Å². The standard InChI is InChI=1S/C24H29NO7/c1-5-6-13-30-23(27)17-7-10-19(11-8-17)25-22(26)15-31-24(28)18-9-12-20(32-16(2)3)21(14-18)29-4/h7-12,14,16H,5-6,13,15H2,1-4H3,(H,25,26). The largest absolute Gasteiger partial charge is 0.493 e. The number of ether oxygens (including phenoxy) is 4. The first kappa shape index (κ1) is 24.7. The maximum Gasteiger partial charge on any atom is 0.338 e. The van der Waals surface area contributed by atoms with Crippen LogP contribution in [0.4, 0.5) is 5.69 Å².